The van der Waals surface area contributed by atoms with Gasteiger partial charge in [0.2, 0.25) is 0 Å². The van der Waals surface area contributed by atoms with Crippen molar-refractivity contribution in [3.8, 4) is 0 Å². The van der Waals surface area contributed by atoms with Crippen LogP contribution in [0.1, 0.15) is 15.9 Å². The van der Waals surface area contributed by atoms with Gasteiger partial charge in [-0.2, -0.15) is 0 Å². The zero-order valence-electron chi connectivity index (χ0n) is 11.7. The molecule has 2 rings (SSSR count). The number of nitrogens with one attached hydrogen (secondary N) is 1. The van der Waals surface area contributed by atoms with Crippen LogP contribution in [0.5, 0.6) is 0 Å². The molecule has 0 spiro atoms. The lowest BCUT2D eigenvalue weighted by Crippen LogP contribution is -2.21. The highest BCUT2D eigenvalue weighted by molar-refractivity contribution is 6.30. The first kappa shape index (κ1) is 16.0. The maximum absolute atomic E-state index is 13.5. The number of ether oxygens (including phenoxy) is 1. The number of carbonyl (C=O) groups is 2. The van der Waals surface area contributed by atoms with Gasteiger partial charge in [-0.25, -0.2) is 9.18 Å². The molecule has 2 aromatic carbocycles. The van der Waals surface area contributed by atoms with Gasteiger partial charge in [-0.05, 0) is 37.3 Å². The largest absolute Gasteiger partial charge is 0.452 e. The van der Waals surface area contributed by atoms with E-state index in [2.05, 4.69) is 5.32 Å². The molecule has 0 radical (unpaired) electrons. The number of amides is 1. The van der Waals surface area contributed by atoms with E-state index in [-0.39, 0.29) is 10.7 Å². The molecule has 4 nitrogen and oxygen atoms in total. The van der Waals surface area contributed by atoms with Gasteiger partial charge in [-0.15, -0.1) is 0 Å². The van der Waals surface area contributed by atoms with Crippen molar-refractivity contribution in [3.63, 3.8) is 0 Å². The Kier molecular flexibility index (Phi) is 5.12. The Bertz CT molecular complexity index is 718. The van der Waals surface area contributed by atoms with E-state index in [1.165, 1.54) is 12.1 Å². The highest BCUT2D eigenvalue weighted by Gasteiger charge is 2.12. The van der Waals surface area contributed by atoms with Crippen LogP contribution in [-0.2, 0) is 9.53 Å². The molecule has 0 saturated heterocycles. The quantitative estimate of drug-likeness (QED) is 0.876. The predicted octanol–water partition coefficient (Wildman–Crippen LogP) is 3.58. The zero-order valence-corrected chi connectivity index (χ0v) is 12.5. The Morgan fingerprint density at radius 1 is 1.23 bits per heavy atom. The summed E-state index contributed by atoms with van der Waals surface area (Å²) in [7, 11) is 0. The number of esters is 1. The third-order valence-electron chi connectivity index (χ3n) is 2.79. The first-order valence-corrected chi connectivity index (χ1v) is 6.82. The van der Waals surface area contributed by atoms with Gasteiger partial charge < -0.3 is 10.1 Å². The Balaban J connectivity index is 1.93. The van der Waals surface area contributed by atoms with Gasteiger partial charge in [0.15, 0.2) is 6.61 Å². The standard InChI is InChI=1S/C16H13ClFNO3/c1-10-3-2-4-11(7-10)16(21)22-9-15(20)19-14-8-12(17)5-6-13(14)18/h2-8H,9H2,1H3,(H,19,20). The molecule has 22 heavy (non-hydrogen) atoms. The maximum atomic E-state index is 13.5. The fourth-order valence-corrected chi connectivity index (χ4v) is 1.94. The smallest absolute Gasteiger partial charge is 0.338 e. The van der Waals surface area contributed by atoms with Gasteiger partial charge >= 0.3 is 5.97 Å². The molecule has 0 atom stereocenters. The molecule has 0 aliphatic carbocycles. The number of carbonyl (C=O) groups excluding carboxylic acids is 2. The Morgan fingerprint density at radius 2 is 2.00 bits per heavy atom. The lowest BCUT2D eigenvalue weighted by molar-refractivity contribution is -0.119. The van der Waals surface area contributed by atoms with E-state index in [9.17, 15) is 14.0 Å². The molecular weight excluding hydrogens is 309 g/mol. The number of hydrogen-bond acceptors (Lipinski definition) is 3. The molecule has 6 heteroatoms. The number of anilines is 1. The summed E-state index contributed by atoms with van der Waals surface area (Å²) in [4.78, 5) is 23.5. The minimum Gasteiger partial charge on any atom is -0.452 e. The van der Waals surface area contributed by atoms with Crippen LogP contribution in [-0.4, -0.2) is 18.5 Å². The van der Waals surface area contributed by atoms with Gasteiger partial charge in [-0.3, -0.25) is 4.79 Å². The molecule has 0 bridgehead atoms. The normalized spacial score (nSPS) is 10.1. The van der Waals surface area contributed by atoms with E-state index in [1.54, 1.807) is 18.2 Å². The second-order valence-corrected chi connectivity index (χ2v) is 5.05. The number of hydrogen-bond donors (Lipinski definition) is 1. The van der Waals surface area contributed by atoms with Crippen LogP contribution in [0, 0.1) is 12.7 Å². The molecule has 0 saturated carbocycles. The minimum absolute atomic E-state index is 0.0656. The molecule has 1 N–H and O–H groups in total. The Morgan fingerprint density at radius 3 is 2.73 bits per heavy atom. The molecule has 0 aliphatic heterocycles. The summed E-state index contributed by atoms with van der Waals surface area (Å²) in [5.74, 6) is -1.89. The zero-order chi connectivity index (χ0) is 16.1. The molecular formula is C16H13ClFNO3. The average Bonchev–Trinajstić information content (AvgIpc) is 2.48. The molecule has 0 fully saturated rings. The van der Waals surface area contributed by atoms with Gasteiger partial charge in [0.1, 0.15) is 5.82 Å². The SMILES string of the molecule is Cc1cccc(C(=O)OCC(=O)Nc2cc(Cl)ccc2F)c1. The first-order valence-electron chi connectivity index (χ1n) is 6.44. The molecule has 114 valence electrons. The summed E-state index contributed by atoms with van der Waals surface area (Å²) in [6.07, 6.45) is 0. The average molecular weight is 322 g/mol. The lowest BCUT2D eigenvalue weighted by atomic mass is 10.1. The van der Waals surface area contributed by atoms with Crippen molar-refractivity contribution in [1.82, 2.24) is 0 Å². The van der Waals surface area contributed by atoms with Crippen LogP contribution >= 0.6 is 11.6 Å². The van der Waals surface area contributed by atoms with Crippen LogP contribution < -0.4 is 5.32 Å². The van der Waals surface area contributed by atoms with Crippen LogP contribution in [0.25, 0.3) is 0 Å². The molecule has 2 aromatic rings. The summed E-state index contributed by atoms with van der Waals surface area (Å²) >= 11 is 5.72. The third-order valence-corrected chi connectivity index (χ3v) is 3.03. The van der Waals surface area contributed by atoms with E-state index in [0.717, 1.165) is 11.6 Å². The summed E-state index contributed by atoms with van der Waals surface area (Å²) in [6, 6.07) is 10.6. The second kappa shape index (κ2) is 7.04. The molecule has 0 heterocycles. The minimum atomic E-state index is -0.651. The monoisotopic (exact) mass is 321 g/mol. The maximum Gasteiger partial charge on any atom is 0.338 e. The van der Waals surface area contributed by atoms with E-state index in [1.807, 2.05) is 13.0 Å². The molecule has 1 amide bonds. The summed E-state index contributed by atoms with van der Waals surface area (Å²) in [5.41, 5.74) is 1.19. The fourth-order valence-electron chi connectivity index (χ4n) is 1.77. The predicted molar refractivity (Wildman–Crippen MR) is 81.5 cm³/mol. The Hall–Kier alpha value is -2.40. The van der Waals surface area contributed by atoms with Gasteiger partial charge in [-0.1, -0.05) is 29.3 Å². The number of aryl methyl sites for hydroxylation is 1. The van der Waals surface area contributed by atoms with Crippen molar-refractivity contribution < 1.29 is 18.7 Å². The molecule has 0 aromatic heterocycles. The third kappa shape index (κ3) is 4.30. The van der Waals surface area contributed by atoms with Gasteiger partial charge in [0.05, 0.1) is 11.3 Å². The van der Waals surface area contributed by atoms with Crippen molar-refractivity contribution in [3.05, 3.63) is 64.4 Å². The Labute approximate surface area is 131 Å². The summed E-state index contributed by atoms with van der Waals surface area (Å²) in [5, 5.41) is 2.58. The lowest BCUT2D eigenvalue weighted by Gasteiger charge is -2.08. The van der Waals surface area contributed by atoms with E-state index in [0.29, 0.717) is 5.56 Å². The van der Waals surface area contributed by atoms with Crippen molar-refractivity contribution in [1.29, 1.82) is 0 Å². The van der Waals surface area contributed by atoms with Crippen LogP contribution in [0.4, 0.5) is 10.1 Å². The molecule has 0 aliphatic rings. The highest BCUT2D eigenvalue weighted by atomic mass is 35.5. The topological polar surface area (TPSA) is 55.4 Å². The first-order chi connectivity index (χ1) is 10.5. The van der Waals surface area contributed by atoms with Gasteiger partial charge in [0, 0.05) is 5.02 Å². The van der Waals surface area contributed by atoms with Gasteiger partial charge in [0.25, 0.3) is 5.91 Å². The van der Waals surface area contributed by atoms with Crippen molar-refractivity contribution in [2.75, 3.05) is 11.9 Å². The van der Waals surface area contributed by atoms with Crippen LogP contribution in [0.15, 0.2) is 42.5 Å². The number of halogens is 2. The summed E-state index contributed by atoms with van der Waals surface area (Å²) in [6.45, 7) is 1.32. The fraction of sp³-hybridized carbons (Fsp3) is 0.125. The van der Waals surface area contributed by atoms with Crippen molar-refractivity contribution >= 4 is 29.2 Å². The molecule has 0 unspecified atom stereocenters. The summed E-state index contributed by atoms with van der Waals surface area (Å²) < 4.78 is 18.3. The number of rotatable bonds is 4. The van der Waals surface area contributed by atoms with Crippen LogP contribution in [0.2, 0.25) is 5.02 Å². The van der Waals surface area contributed by atoms with Crippen LogP contribution in [0.3, 0.4) is 0 Å². The van der Waals surface area contributed by atoms with Crippen molar-refractivity contribution in [2.24, 2.45) is 0 Å². The number of benzene rings is 2. The second-order valence-electron chi connectivity index (χ2n) is 4.62. The van der Waals surface area contributed by atoms with Crippen molar-refractivity contribution in [2.45, 2.75) is 6.92 Å². The van der Waals surface area contributed by atoms with E-state index in [4.69, 9.17) is 16.3 Å². The highest BCUT2D eigenvalue weighted by Crippen LogP contribution is 2.19. The van der Waals surface area contributed by atoms with E-state index >= 15 is 0 Å². The van der Waals surface area contributed by atoms with E-state index < -0.39 is 24.3 Å².